The molecule has 35 heavy (non-hydrogen) atoms. The van der Waals surface area contributed by atoms with E-state index in [1.165, 1.54) is 4.90 Å². The summed E-state index contributed by atoms with van der Waals surface area (Å²) in [5, 5.41) is 11.3. The minimum Gasteiger partial charge on any atom is -0.507 e. The highest BCUT2D eigenvalue weighted by Gasteiger charge is 2.46. The van der Waals surface area contributed by atoms with Crippen molar-refractivity contribution in [3.05, 3.63) is 101 Å². The van der Waals surface area contributed by atoms with Crippen molar-refractivity contribution in [2.75, 3.05) is 18.0 Å². The van der Waals surface area contributed by atoms with E-state index in [0.717, 1.165) is 41.9 Å². The summed E-state index contributed by atoms with van der Waals surface area (Å²) >= 11 is 0. The van der Waals surface area contributed by atoms with Gasteiger partial charge in [-0.15, -0.1) is 0 Å². The number of Topliss-reactive ketones (excluding diaryl/α,β-unsaturated/α-hetero) is 1. The van der Waals surface area contributed by atoms with E-state index in [2.05, 4.69) is 30.7 Å². The molecule has 3 aromatic rings. The third-order valence-corrected chi connectivity index (χ3v) is 6.59. The van der Waals surface area contributed by atoms with Crippen molar-refractivity contribution in [3.63, 3.8) is 0 Å². The molecule has 1 N–H and O–H groups in total. The van der Waals surface area contributed by atoms with Gasteiger partial charge in [0.1, 0.15) is 5.76 Å². The Morgan fingerprint density at radius 1 is 0.943 bits per heavy atom. The smallest absolute Gasteiger partial charge is 0.295 e. The van der Waals surface area contributed by atoms with Crippen LogP contribution in [0.5, 0.6) is 0 Å². The Balaban J connectivity index is 1.82. The minimum atomic E-state index is -0.702. The van der Waals surface area contributed by atoms with Crippen LogP contribution < -0.4 is 4.90 Å². The van der Waals surface area contributed by atoms with E-state index in [4.69, 9.17) is 0 Å². The molecule has 4 rings (SSSR count). The maximum Gasteiger partial charge on any atom is 0.295 e. The summed E-state index contributed by atoms with van der Waals surface area (Å²) < 4.78 is 0. The Morgan fingerprint density at radius 2 is 1.63 bits per heavy atom. The third kappa shape index (κ3) is 4.83. The van der Waals surface area contributed by atoms with Gasteiger partial charge in [0.2, 0.25) is 0 Å². The Bertz CT molecular complexity index is 1210. The Morgan fingerprint density at radius 3 is 2.20 bits per heavy atom. The maximum atomic E-state index is 13.3. The van der Waals surface area contributed by atoms with E-state index < -0.39 is 17.7 Å². The third-order valence-electron chi connectivity index (χ3n) is 6.59. The topological polar surface area (TPSA) is 73.7 Å². The van der Waals surface area contributed by atoms with Gasteiger partial charge in [-0.05, 0) is 55.2 Å². The number of anilines is 1. The lowest BCUT2D eigenvalue weighted by Gasteiger charge is -2.26. The van der Waals surface area contributed by atoms with Crippen molar-refractivity contribution in [1.29, 1.82) is 0 Å². The number of aliphatic hydroxyl groups excluding tert-OH is 1. The number of nitrogens with zero attached hydrogens (tertiary/aromatic N) is 3. The van der Waals surface area contributed by atoms with Gasteiger partial charge in [-0.1, -0.05) is 49.4 Å². The van der Waals surface area contributed by atoms with Gasteiger partial charge in [0, 0.05) is 43.3 Å². The van der Waals surface area contributed by atoms with Crippen LogP contribution in [0, 0.1) is 0 Å². The van der Waals surface area contributed by atoms with Crippen LogP contribution in [0.3, 0.4) is 0 Å². The second-order valence-corrected chi connectivity index (χ2v) is 8.60. The van der Waals surface area contributed by atoms with Crippen LogP contribution in [-0.2, 0) is 22.6 Å². The van der Waals surface area contributed by atoms with E-state index in [9.17, 15) is 14.7 Å². The summed E-state index contributed by atoms with van der Waals surface area (Å²) in [5.74, 6) is -1.46. The number of amides is 1. The number of carbonyl (C=O) groups is 2. The van der Waals surface area contributed by atoms with Crippen LogP contribution in [0.15, 0.2) is 78.6 Å². The lowest BCUT2D eigenvalue weighted by molar-refractivity contribution is -0.140. The first-order valence-corrected chi connectivity index (χ1v) is 12.1. The van der Waals surface area contributed by atoms with Crippen molar-refractivity contribution in [2.24, 2.45) is 0 Å². The molecule has 0 spiro atoms. The summed E-state index contributed by atoms with van der Waals surface area (Å²) in [4.78, 5) is 34.4. The highest BCUT2D eigenvalue weighted by molar-refractivity contribution is 6.46. The van der Waals surface area contributed by atoms with Gasteiger partial charge in [0.15, 0.2) is 0 Å². The highest BCUT2D eigenvalue weighted by atomic mass is 16.3. The molecule has 1 fully saturated rings. The van der Waals surface area contributed by atoms with Crippen molar-refractivity contribution in [3.8, 4) is 0 Å². The molecule has 1 atom stereocenters. The maximum absolute atomic E-state index is 13.3. The number of carbonyl (C=O) groups excluding carboxylic acids is 2. The van der Waals surface area contributed by atoms with E-state index >= 15 is 0 Å². The van der Waals surface area contributed by atoms with Crippen molar-refractivity contribution < 1.29 is 14.7 Å². The Kier molecular flexibility index (Phi) is 7.30. The quantitative estimate of drug-likeness (QED) is 0.282. The highest BCUT2D eigenvalue weighted by Crippen LogP contribution is 2.40. The summed E-state index contributed by atoms with van der Waals surface area (Å²) in [5.41, 5.74) is 4.41. The first kappa shape index (κ1) is 24.2. The van der Waals surface area contributed by atoms with E-state index in [-0.39, 0.29) is 17.9 Å². The molecule has 1 amide bonds. The average Bonchev–Trinajstić information content (AvgIpc) is 3.15. The molecule has 0 saturated carbocycles. The molecular formula is C29H31N3O3. The normalized spacial score (nSPS) is 17.1. The van der Waals surface area contributed by atoms with Crippen LogP contribution in [0.4, 0.5) is 5.69 Å². The fourth-order valence-corrected chi connectivity index (χ4v) is 4.59. The molecule has 180 valence electrons. The largest absolute Gasteiger partial charge is 0.507 e. The lowest BCUT2D eigenvalue weighted by Crippen LogP contribution is -2.29. The van der Waals surface area contributed by atoms with Gasteiger partial charge in [-0.3, -0.25) is 14.6 Å². The zero-order valence-corrected chi connectivity index (χ0v) is 20.4. The summed E-state index contributed by atoms with van der Waals surface area (Å²) in [6.07, 6.45) is 4.22. The van der Waals surface area contributed by atoms with Crippen LogP contribution in [0.1, 0.15) is 49.1 Å². The Labute approximate surface area is 206 Å². The molecule has 0 aliphatic carbocycles. The molecule has 0 bridgehead atoms. The number of pyridine rings is 1. The SMILES string of the molecule is CCc1ccc(/C(O)=C2/C(=O)C(=O)N(Cc3cccnc3)C2c2ccc(N(CC)CC)cc2)cc1. The van der Waals surface area contributed by atoms with Gasteiger partial charge >= 0.3 is 0 Å². The number of aromatic nitrogens is 1. The Hall–Kier alpha value is -3.93. The first-order chi connectivity index (χ1) is 17.0. The molecule has 1 aliphatic heterocycles. The molecule has 2 aromatic carbocycles. The predicted molar refractivity (Wildman–Crippen MR) is 138 cm³/mol. The molecule has 1 saturated heterocycles. The molecule has 1 aromatic heterocycles. The van der Waals surface area contributed by atoms with Gasteiger partial charge in [0.05, 0.1) is 11.6 Å². The number of hydrogen-bond donors (Lipinski definition) is 1. The van der Waals surface area contributed by atoms with Crippen LogP contribution in [0.2, 0.25) is 0 Å². The van der Waals surface area contributed by atoms with Crippen LogP contribution >= 0.6 is 0 Å². The van der Waals surface area contributed by atoms with E-state index in [0.29, 0.717) is 5.56 Å². The molecule has 6 heteroatoms. The van der Waals surface area contributed by atoms with Crippen LogP contribution in [-0.4, -0.2) is 39.8 Å². The lowest BCUT2D eigenvalue weighted by atomic mass is 9.94. The molecular weight excluding hydrogens is 438 g/mol. The fraction of sp³-hybridized carbons (Fsp3) is 0.276. The monoisotopic (exact) mass is 469 g/mol. The number of aliphatic hydroxyl groups is 1. The second-order valence-electron chi connectivity index (χ2n) is 8.60. The number of rotatable bonds is 8. The number of ketones is 1. The van der Waals surface area contributed by atoms with Crippen molar-refractivity contribution >= 4 is 23.1 Å². The van der Waals surface area contributed by atoms with E-state index in [1.807, 2.05) is 42.5 Å². The van der Waals surface area contributed by atoms with Crippen molar-refractivity contribution in [2.45, 2.75) is 39.8 Å². The number of likely N-dealkylation sites (tertiary alicyclic amines) is 1. The molecule has 1 aliphatic rings. The zero-order valence-electron chi connectivity index (χ0n) is 20.4. The predicted octanol–water partition coefficient (Wildman–Crippen LogP) is 5.11. The number of aryl methyl sites for hydroxylation is 1. The van der Waals surface area contributed by atoms with Gasteiger partial charge in [-0.2, -0.15) is 0 Å². The number of hydrogen-bond acceptors (Lipinski definition) is 5. The molecule has 1 unspecified atom stereocenters. The van der Waals surface area contributed by atoms with Crippen LogP contribution in [0.25, 0.3) is 5.76 Å². The zero-order chi connectivity index (χ0) is 24.9. The summed E-state index contributed by atoms with van der Waals surface area (Å²) in [7, 11) is 0. The molecule has 0 radical (unpaired) electrons. The summed E-state index contributed by atoms with van der Waals surface area (Å²) in [6.45, 7) is 8.23. The molecule has 6 nitrogen and oxygen atoms in total. The van der Waals surface area contributed by atoms with Crippen molar-refractivity contribution in [1.82, 2.24) is 9.88 Å². The second kappa shape index (κ2) is 10.6. The minimum absolute atomic E-state index is 0.110. The first-order valence-electron chi connectivity index (χ1n) is 12.1. The molecule has 2 heterocycles. The standard InChI is InChI=1S/C29H31N3O3/c1-4-20-9-11-23(12-10-20)27(33)25-26(22-13-15-24(16-14-22)31(5-2)6-3)32(29(35)28(25)34)19-21-8-7-17-30-18-21/h7-18,26,33H,4-6,19H2,1-3H3/b27-25-. The fourth-order valence-electron chi connectivity index (χ4n) is 4.59. The van der Waals surface area contributed by atoms with Gasteiger partial charge < -0.3 is 14.9 Å². The van der Waals surface area contributed by atoms with Gasteiger partial charge in [-0.25, -0.2) is 0 Å². The van der Waals surface area contributed by atoms with E-state index in [1.54, 1.807) is 30.6 Å². The van der Waals surface area contributed by atoms with Gasteiger partial charge in [0.25, 0.3) is 11.7 Å². The number of benzene rings is 2. The average molecular weight is 470 g/mol. The summed E-state index contributed by atoms with van der Waals surface area (Å²) in [6, 6.07) is 18.3.